The minimum atomic E-state index is -0.459. The summed E-state index contributed by atoms with van der Waals surface area (Å²) in [4.78, 5) is 28.0. The number of hydrogen-bond acceptors (Lipinski definition) is 4. The van der Waals surface area contributed by atoms with Crippen LogP contribution in [0.1, 0.15) is 27.4 Å². The third kappa shape index (κ3) is 5.19. The fourth-order valence-electron chi connectivity index (χ4n) is 3.84. The van der Waals surface area contributed by atoms with Crippen molar-refractivity contribution < 1.29 is 14.3 Å². The van der Waals surface area contributed by atoms with Gasteiger partial charge in [0.1, 0.15) is 0 Å². The Kier molecular flexibility index (Phi) is 6.75. The van der Waals surface area contributed by atoms with Crippen molar-refractivity contribution in [1.29, 1.82) is 0 Å². The molecule has 0 unspecified atom stereocenters. The van der Waals surface area contributed by atoms with E-state index in [-0.39, 0.29) is 18.2 Å². The molecule has 1 N–H and O–H groups in total. The number of Topliss-reactive ketones (excluding diaryl/α,β-unsaturated/α-hetero) is 1. The molecular formula is C26H26N2O3. The van der Waals surface area contributed by atoms with Gasteiger partial charge in [-0.2, -0.15) is 0 Å². The number of carbonyl (C=O) groups is 2. The predicted octanol–water partition coefficient (Wildman–Crippen LogP) is 3.65. The van der Waals surface area contributed by atoms with Gasteiger partial charge in [-0.3, -0.25) is 9.59 Å². The Bertz CT molecular complexity index is 958. The number of ketones is 1. The van der Waals surface area contributed by atoms with Gasteiger partial charge >= 0.3 is 0 Å². The summed E-state index contributed by atoms with van der Waals surface area (Å²) in [5, 5.41) is 2.84. The summed E-state index contributed by atoms with van der Waals surface area (Å²) in [6.07, 6.45) is 0. The van der Waals surface area contributed by atoms with Crippen molar-refractivity contribution in [2.75, 3.05) is 37.7 Å². The Morgan fingerprint density at radius 3 is 1.90 bits per heavy atom. The quantitative estimate of drug-likeness (QED) is 0.600. The van der Waals surface area contributed by atoms with Crippen molar-refractivity contribution in [3.8, 4) is 0 Å². The van der Waals surface area contributed by atoms with Crippen molar-refractivity contribution in [2.24, 2.45) is 0 Å². The number of benzene rings is 3. The summed E-state index contributed by atoms with van der Waals surface area (Å²) in [6.45, 7) is 3.10. The summed E-state index contributed by atoms with van der Waals surface area (Å²) in [7, 11) is 0. The molecule has 1 saturated heterocycles. The lowest BCUT2D eigenvalue weighted by Crippen LogP contribution is -2.36. The first-order valence-electron chi connectivity index (χ1n) is 10.6. The average Bonchev–Trinajstić information content (AvgIpc) is 2.85. The van der Waals surface area contributed by atoms with E-state index in [1.54, 1.807) is 0 Å². The lowest BCUT2D eigenvalue weighted by molar-refractivity contribution is -0.121. The second kappa shape index (κ2) is 10.0. The minimum absolute atomic E-state index is 0.0358. The van der Waals surface area contributed by atoms with E-state index in [0.717, 1.165) is 43.1 Å². The van der Waals surface area contributed by atoms with Gasteiger partial charge in [0.25, 0.3) is 0 Å². The van der Waals surface area contributed by atoms with E-state index in [4.69, 9.17) is 4.74 Å². The van der Waals surface area contributed by atoms with Gasteiger partial charge in [0.05, 0.1) is 25.7 Å². The molecule has 1 amide bonds. The summed E-state index contributed by atoms with van der Waals surface area (Å²) in [5.41, 5.74) is 3.47. The Hall–Kier alpha value is -3.44. The van der Waals surface area contributed by atoms with E-state index >= 15 is 0 Å². The first-order valence-corrected chi connectivity index (χ1v) is 10.6. The number of rotatable bonds is 7. The van der Waals surface area contributed by atoms with E-state index in [0.29, 0.717) is 5.56 Å². The summed E-state index contributed by atoms with van der Waals surface area (Å²) in [6, 6.07) is 26.8. The molecule has 3 aromatic carbocycles. The SMILES string of the molecule is O=C(CNC(=O)C(c1ccccc1)c1ccccc1)c1ccc(N2CCOCC2)cc1. The van der Waals surface area contributed by atoms with Crippen LogP contribution in [0.15, 0.2) is 84.9 Å². The summed E-state index contributed by atoms with van der Waals surface area (Å²) >= 11 is 0. The molecule has 5 nitrogen and oxygen atoms in total. The molecule has 3 aromatic rings. The van der Waals surface area contributed by atoms with Gasteiger partial charge in [0.2, 0.25) is 5.91 Å². The zero-order chi connectivity index (χ0) is 21.5. The number of hydrogen-bond donors (Lipinski definition) is 1. The molecule has 1 fully saturated rings. The highest BCUT2D eigenvalue weighted by Crippen LogP contribution is 2.24. The molecule has 0 aliphatic carbocycles. The van der Waals surface area contributed by atoms with Crippen LogP contribution in [-0.4, -0.2) is 44.5 Å². The van der Waals surface area contributed by atoms with E-state index in [9.17, 15) is 9.59 Å². The zero-order valence-electron chi connectivity index (χ0n) is 17.4. The molecule has 4 rings (SSSR count). The normalized spacial score (nSPS) is 13.8. The third-order valence-corrected chi connectivity index (χ3v) is 5.52. The molecule has 0 atom stereocenters. The number of amides is 1. The van der Waals surface area contributed by atoms with Crippen LogP contribution in [0.3, 0.4) is 0 Å². The van der Waals surface area contributed by atoms with Gasteiger partial charge in [-0.15, -0.1) is 0 Å². The molecule has 1 aliphatic rings. The molecule has 1 aliphatic heterocycles. The van der Waals surface area contributed by atoms with E-state index in [2.05, 4.69) is 10.2 Å². The fraction of sp³-hybridized carbons (Fsp3) is 0.231. The zero-order valence-corrected chi connectivity index (χ0v) is 17.4. The molecule has 0 saturated carbocycles. The molecule has 31 heavy (non-hydrogen) atoms. The Morgan fingerprint density at radius 1 is 0.806 bits per heavy atom. The van der Waals surface area contributed by atoms with Gasteiger partial charge in [-0.05, 0) is 35.4 Å². The van der Waals surface area contributed by atoms with Crippen molar-refractivity contribution in [2.45, 2.75) is 5.92 Å². The van der Waals surface area contributed by atoms with E-state index in [1.165, 1.54) is 0 Å². The Balaban J connectivity index is 1.42. The van der Waals surface area contributed by atoms with Gasteiger partial charge in [0.15, 0.2) is 5.78 Å². The third-order valence-electron chi connectivity index (χ3n) is 5.52. The van der Waals surface area contributed by atoms with Crippen LogP contribution in [-0.2, 0) is 9.53 Å². The maximum Gasteiger partial charge on any atom is 0.232 e. The van der Waals surface area contributed by atoms with Crippen molar-refractivity contribution in [3.05, 3.63) is 102 Å². The number of nitrogens with zero attached hydrogens (tertiary/aromatic N) is 1. The molecule has 5 heteroatoms. The van der Waals surface area contributed by atoms with Gasteiger partial charge < -0.3 is 15.0 Å². The van der Waals surface area contributed by atoms with Crippen molar-refractivity contribution in [1.82, 2.24) is 5.32 Å². The number of nitrogens with one attached hydrogen (secondary N) is 1. The Labute approximate surface area is 182 Å². The van der Waals surface area contributed by atoms with Crippen LogP contribution in [0.2, 0.25) is 0 Å². The molecule has 0 bridgehead atoms. The molecule has 0 radical (unpaired) electrons. The number of ether oxygens (including phenoxy) is 1. The van der Waals surface area contributed by atoms with Gasteiger partial charge in [-0.1, -0.05) is 60.7 Å². The largest absolute Gasteiger partial charge is 0.378 e. The van der Waals surface area contributed by atoms with E-state index in [1.807, 2.05) is 84.9 Å². The lowest BCUT2D eigenvalue weighted by Gasteiger charge is -2.28. The molecule has 158 valence electrons. The number of carbonyl (C=O) groups excluding carboxylic acids is 2. The highest BCUT2D eigenvalue weighted by molar-refractivity contribution is 6.00. The van der Waals surface area contributed by atoms with Crippen LogP contribution in [0.4, 0.5) is 5.69 Å². The first-order chi connectivity index (χ1) is 15.2. The van der Waals surface area contributed by atoms with Crippen LogP contribution in [0.25, 0.3) is 0 Å². The number of anilines is 1. The maximum atomic E-state index is 13.1. The van der Waals surface area contributed by atoms with Crippen LogP contribution >= 0.6 is 0 Å². The lowest BCUT2D eigenvalue weighted by atomic mass is 9.90. The molecule has 0 spiro atoms. The van der Waals surface area contributed by atoms with Gasteiger partial charge in [0, 0.05) is 24.3 Å². The predicted molar refractivity (Wildman–Crippen MR) is 122 cm³/mol. The highest BCUT2D eigenvalue weighted by Gasteiger charge is 2.23. The molecule has 0 aromatic heterocycles. The monoisotopic (exact) mass is 414 g/mol. The molecular weight excluding hydrogens is 388 g/mol. The summed E-state index contributed by atoms with van der Waals surface area (Å²) < 4.78 is 5.38. The van der Waals surface area contributed by atoms with Crippen molar-refractivity contribution >= 4 is 17.4 Å². The second-order valence-electron chi connectivity index (χ2n) is 7.54. The number of morpholine rings is 1. The van der Waals surface area contributed by atoms with Crippen LogP contribution < -0.4 is 10.2 Å². The standard InChI is InChI=1S/C26H26N2O3/c29-24(20-11-13-23(14-12-20)28-15-17-31-18-16-28)19-27-26(30)25(21-7-3-1-4-8-21)22-9-5-2-6-10-22/h1-14,25H,15-19H2,(H,27,30). The second-order valence-corrected chi connectivity index (χ2v) is 7.54. The average molecular weight is 415 g/mol. The highest BCUT2D eigenvalue weighted by atomic mass is 16.5. The van der Waals surface area contributed by atoms with E-state index < -0.39 is 5.92 Å². The van der Waals surface area contributed by atoms with Crippen LogP contribution in [0, 0.1) is 0 Å². The fourth-order valence-corrected chi connectivity index (χ4v) is 3.84. The molecule has 1 heterocycles. The summed E-state index contributed by atoms with van der Waals surface area (Å²) in [5.74, 6) is -0.753. The maximum absolute atomic E-state index is 13.1. The van der Waals surface area contributed by atoms with Crippen LogP contribution in [0.5, 0.6) is 0 Å². The topological polar surface area (TPSA) is 58.6 Å². The van der Waals surface area contributed by atoms with Gasteiger partial charge in [-0.25, -0.2) is 0 Å². The Morgan fingerprint density at radius 2 is 1.35 bits per heavy atom. The first kappa shape index (κ1) is 20.8. The smallest absolute Gasteiger partial charge is 0.232 e. The minimum Gasteiger partial charge on any atom is -0.378 e. The van der Waals surface area contributed by atoms with Crippen molar-refractivity contribution in [3.63, 3.8) is 0 Å².